The van der Waals surface area contributed by atoms with Crippen molar-refractivity contribution in [1.29, 1.82) is 0 Å². The molecule has 138 valence electrons. The van der Waals surface area contributed by atoms with Gasteiger partial charge in [-0.15, -0.1) is 6.58 Å². The number of esters is 1. The highest BCUT2D eigenvalue weighted by atomic mass is 16.6. The molecule has 0 heterocycles. The molecule has 2 unspecified atom stereocenters. The van der Waals surface area contributed by atoms with E-state index in [2.05, 4.69) is 27.4 Å². The Morgan fingerprint density at radius 3 is 1.91 bits per heavy atom. The number of carbonyl (C=O) groups is 1. The zero-order chi connectivity index (χ0) is 18.7. The molecule has 1 saturated carbocycles. The quantitative estimate of drug-likeness (QED) is 0.410. The third-order valence-electron chi connectivity index (χ3n) is 4.65. The summed E-state index contributed by atoms with van der Waals surface area (Å²) in [7, 11) is 0. The molecule has 0 amide bonds. The molecule has 2 nitrogen and oxygen atoms in total. The van der Waals surface area contributed by atoms with E-state index >= 15 is 0 Å². The number of carbonyl (C=O) groups excluding carboxylic acids is 1. The molecule has 0 aromatic heterocycles. The molecule has 0 aliphatic heterocycles. The van der Waals surface area contributed by atoms with E-state index in [0.29, 0.717) is 11.8 Å². The van der Waals surface area contributed by atoms with Gasteiger partial charge >= 0.3 is 5.97 Å². The summed E-state index contributed by atoms with van der Waals surface area (Å²) in [6.07, 6.45) is 7.95. The fourth-order valence-corrected chi connectivity index (χ4v) is 2.71. The lowest BCUT2D eigenvalue weighted by atomic mass is 9.83. The van der Waals surface area contributed by atoms with Gasteiger partial charge in [-0.05, 0) is 40.0 Å². The lowest BCUT2D eigenvalue weighted by molar-refractivity contribution is -0.171. The molecule has 1 aliphatic carbocycles. The summed E-state index contributed by atoms with van der Waals surface area (Å²) in [6, 6.07) is 0. The molecule has 1 aliphatic rings. The maximum Gasteiger partial charge on any atom is 0.315 e. The van der Waals surface area contributed by atoms with Crippen LogP contribution in [-0.4, -0.2) is 11.6 Å². The molecule has 0 N–H and O–H groups in total. The number of hydrogen-bond acceptors (Lipinski definition) is 2. The van der Waals surface area contributed by atoms with Gasteiger partial charge in [0.15, 0.2) is 0 Å². The first-order valence-corrected chi connectivity index (χ1v) is 9.49. The van der Waals surface area contributed by atoms with Crippen LogP contribution >= 0.6 is 0 Å². The molecule has 2 atom stereocenters. The predicted octanol–water partition coefficient (Wildman–Crippen LogP) is 6.79. The van der Waals surface area contributed by atoms with Crippen LogP contribution in [0.3, 0.4) is 0 Å². The second kappa shape index (κ2) is 11.7. The summed E-state index contributed by atoms with van der Waals surface area (Å²) in [5, 5.41) is 0. The zero-order valence-corrected chi connectivity index (χ0v) is 17.3. The molecule has 0 radical (unpaired) electrons. The standard InChI is InChI=1S/C15H26O2.C4H10.C2H6/c1-7-14(3,4)13(16)17-15(5,6)12-10-8-9-11(12)2;1-3-4-2;1-2/h7,11-12H,1,8-10H2,2-6H3;3-4H2,1-2H3;1-2H3. The Bertz CT molecular complexity index is 327. The Hall–Kier alpha value is -0.790. The van der Waals surface area contributed by atoms with Crippen LogP contribution in [0, 0.1) is 17.3 Å². The second-order valence-corrected chi connectivity index (χ2v) is 7.43. The molecule has 0 aromatic rings. The van der Waals surface area contributed by atoms with E-state index in [1.165, 1.54) is 25.7 Å². The van der Waals surface area contributed by atoms with E-state index in [-0.39, 0.29) is 11.6 Å². The van der Waals surface area contributed by atoms with Crippen LogP contribution in [0.15, 0.2) is 12.7 Å². The van der Waals surface area contributed by atoms with Crippen LogP contribution in [0.25, 0.3) is 0 Å². The highest BCUT2D eigenvalue weighted by Gasteiger charge is 2.41. The van der Waals surface area contributed by atoms with Crippen molar-refractivity contribution in [3.8, 4) is 0 Å². The molecule has 1 fully saturated rings. The van der Waals surface area contributed by atoms with Crippen molar-refractivity contribution in [3.05, 3.63) is 12.7 Å². The van der Waals surface area contributed by atoms with E-state index in [4.69, 9.17) is 4.74 Å². The highest BCUT2D eigenvalue weighted by molar-refractivity contribution is 5.78. The smallest absolute Gasteiger partial charge is 0.315 e. The van der Waals surface area contributed by atoms with E-state index in [1.807, 2.05) is 41.5 Å². The zero-order valence-electron chi connectivity index (χ0n) is 17.3. The van der Waals surface area contributed by atoms with Crippen LogP contribution in [0.4, 0.5) is 0 Å². The van der Waals surface area contributed by atoms with Gasteiger partial charge in [-0.2, -0.15) is 0 Å². The first kappa shape index (κ1) is 24.5. The van der Waals surface area contributed by atoms with E-state index in [9.17, 15) is 4.79 Å². The molecule has 2 heteroatoms. The van der Waals surface area contributed by atoms with Gasteiger partial charge in [0.25, 0.3) is 0 Å². The first-order chi connectivity index (χ1) is 10.6. The third-order valence-corrected chi connectivity index (χ3v) is 4.65. The second-order valence-electron chi connectivity index (χ2n) is 7.43. The van der Waals surface area contributed by atoms with Crippen LogP contribution in [0.5, 0.6) is 0 Å². The van der Waals surface area contributed by atoms with Gasteiger partial charge in [0.05, 0.1) is 5.41 Å². The van der Waals surface area contributed by atoms with Crippen molar-refractivity contribution < 1.29 is 9.53 Å². The lowest BCUT2D eigenvalue weighted by Crippen LogP contribution is -2.41. The van der Waals surface area contributed by atoms with E-state index in [0.717, 1.165) is 6.42 Å². The molecule has 0 aromatic carbocycles. The van der Waals surface area contributed by atoms with Crippen molar-refractivity contribution in [1.82, 2.24) is 0 Å². The number of unbranched alkanes of at least 4 members (excludes halogenated alkanes) is 1. The van der Waals surface area contributed by atoms with Crippen LogP contribution in [0.1, 0.15) is 94.4 Å². The van der Waals surface area contributed by atoms with Crippen molar-refractivity contribution in [2.45, 2.75) is 100 Å². The average Bonchev–Trinajstić information content (AvgIpc) is 2.96. The van der Waals surface area contributed by atoms with Gasteiger partial charge in [0.1, 0.15) is 5.60 Å². The fourth-order valence-electron chi connectivity index (χ4n) is 2.71. The minimum atomic E-state index is -0.598. The molecule has 23 heavy (non-hydrogen) atoms. The molecule has 0 spiro atoms. The third kappa shape index (κ3) is 8.58. The summed E-state index contributed by atoms with van der Waals surface area (Å²) in [5.74, 6) is 0.952. The van der Waals surface area contributed by atoms with Crippen molar-refractivity contribution >= 4 is 5.97 Å². The summed E-state index contributed by atoms with van der Waals surface area (Å²) in [5.41, 5.74) is -0.966. The first-order valence-electron chi connectivity index (χ1n) is 9.49. The van der Waals surface area contributed by atoms with Crippen LogP contribution < -0.4 is 0 Å². The minimum absolute atomic E-state index is 0.170. The molecule has 1 rings (SSSR count). The Morgan fingerprint density at radius 1 is 1.13 bits per heavy atom. The normalized spacial score (nSPS) is 20.6. The monoisotopic (exact) mass is 326 g/mol. The number of rotatable bonds is 5. The highest BCUT2D eigenvalue weighted by Crippen LogP contribution is 2.41. The maximum absolute atomic E-state index is 12.1. The summed E-state index contributed by atoms with van der Waals surface area (Å²) in [6.45, 7) is 22.1. The Labute approximate surface area is 146 Å². The van der Waals surface area contributed by atoms with Gasteiger partial charge < -0.3 is 4.74 Å². The van der Waals surface area contributed by atoms with Crippen molar-refractivity contribution in [2.75, 3.05) is 0 Å². The van der Waals surface area contributed by atoms with Crippen molar-refractivity contribution in [3.63, 3.8) is 0 Å². The molecule has 0 bridgehead atoms. The van der Waals surface area contributed by atoms with Gasteiger partial charge in [0, 0.05) is 5.92 Å². The van der Waals surface area contributed by atoms with Gasteiger partial charge in [-0.25, -0.2) is 0 Å². The summed E-state index contributed by atoms with van der Waals surface area (Å²) < 4.78 is 5.74. The Kier molecular flexibility index (Phi) is 12.4. The maximum atomic E-state index is 12.1. The largest absolute Gasteiger partial charge is 0.459 e. The lowest BCUT2D eigenvalue weighted by Gasteiger charge is -2.36. The van der Waals surface area contributed by atoms with Crippen LogP contribution in [-0.2, 0) is 9.53 Å². The molecular formula is C21H42O2. The topological polar surface area (TPSA) is 26.3 Å². The van der Waals surface area contributed by atoms with E-state index in [1.54, 1.807) is 6.08 Å². The number of hydrogen-bond donors (Lipinski definition) is 0. The Morgan fingerprint density at radius 2 is 1.61 bits per heavy atom. The Balaban J connectivity index is 0. The minimum Gasteiger partial charge on any atom is -0.459 e. The van der Waals surface area contributed by atoms with Gasteiger partial charge in [0.2, 0.25) is 0 Å². The fraction of sp³-hybridized carbons (Fsp3) is 0.857. The van der Waals surface area contributed by atoms with Crippen molar-refractivity contribution in [2.24, 2.45) is 17.3 Å². The molecular weight excluding hydrogens is 284 g/mol. The summed E-state index contributed by atoms with van der Waals surface area (Å²) in [4.78, 5) is 12.1. The van der Waals surface area contributed by atoms with Gasteiger partial charge in [-0.1, -0.05) is 66.4 Å². The number of ether oxygens (including phenoxy) is 1. The predicted molar refractivity (Wildman–Crippen MR) is 103 cm³/mol. The van der Waals surface area contributed by atoms with Gasteiger partial charge in [-0.3, -0.25) is 4.79 Å². The SMILES string of the molecule is C=CC(C)(C)C(=O)OC(C)(C)C1CCCC1C.CC.CCCC. The molecule has 0 saturated heterocycles. The summed E-state index contributed by atoms with van der Waals surface area (Å²) >= 11 is 0. The van der Waals surface area contributed by atoms with Crippen LogP contribution in [0.2, 0.25) is 0 Å². The van der Waals surface area contributed by atoms with E-state index < -0.39 is 5.41 Å². The average molecular weight is 327 g/mol.